The number of likely N-dealkylation sites (N-methyl/N-ethyl adjacent to an activating group) is 1. The zero-order valence-corrected chi connectivity index (χ0v) is 14.5. The molecule has 8 heteroatoms. The van der Waals surface area contributed by atoms with Gasteiger partial charge >= 0.3 is 0 Å². The molecule has 0 unspecified atom stereocenters. The number of thiazole rings is 1. The van der Waals surface area contributed by atoms with Crippen molar-refractivity contribution in [1.82, 2.24) is 24.9 Å². The summed E-state index contributed by atoms with van der Waals surface area (Å²) in [5.74, 6) is 1.74. The van der Waals surface area contributed by atoms with E-state index in [0.29, 0.717) is 30.6 Å². The third kappa shape index (κ3) is 3.76. The summed E-state index contributed by atoms with van der Waals surface area (Å²) in [6, 6.07) is 0. The van der Waals surface area contributed by atoms with Gasteiger partial charge in [-0.1, -0.05) is 5.16 Å². The van der Waals surface area contributed by atoms with E-state index >= 15 is 0 Å². The summed E-state index contributed by atoms with van der Waals surface area (Å²) in [5, 5.41) is 4.01. The van der Waals surface area contributed by atoms with Crippen LogP contribution in [0.3, 0.4) is 0 Å². The van der Waals surface area contributed by atoms with Gasteiger partial charge < -0.3 is 9.42 Å². The van der Waals surface area contributed by atoms with Crippen LogP contribution >= 0.6 is 11.3 Å². The van der Waals surface area contributed by atoms with Crippen LogP contribution in [0.15, 0.2) is 10.0 Å². The standard InChI is InChI=1S/C15H21N5O2S/c1-10-13(23-9-16-10)8-20-6-12(7-20)15-17-14(18-22-15)4-5-19(3)11(2)21/h9,12H,4-8H2,1-3H3. The zero-order chi connectivity index (χ0) is 16.4. The predicted octanol–water partition coefficient (Wildman–Crippen LogP) is 1.45. The molecular formula is C15H21N5O2S. The quantitative estimate of drug-likeness (QED) is 0.795. The molecule has 124 valence electrons. The second kappa shape index (κ2) is 6.76. The van der Waals surface area contributed by atoms with E-state index in [-0.39, 0.29) is 5.91 Å². The highest BCUT2D eigenvalue weighted by Crippen LogP contribution is 2.28. The molecule has 0 radical (unpaired) electrons. The van der Waals surface area contributed by atoms with E-state index in [1.54, 1.807) is 30.2 Å². The maximum absolute atomic E-state index is 11.2. The van der Waals surface area contributed by atoms with Gasteiger partial charge in [0.1, 0.15) is 0 Å². The van der Waals surface area contributed by atoms with E-state index in [0.717, 1.165) is 25.3 Å². The van der Waals surface area contributed by atoms with E-state index in [9.17, 15) is 4.79 Å². The van der Waals surface area contributed by atoms with Crippen LogP contribution in [0.4, 0.5) is 0 Å². The lowest BCUT2D eigenvalue weighted by Crippen LogP contribution is -2.44. The van der Waals surface area contributed by atoms with Gasteiger partial charge in [0.25, 0.3) is 0 Å². The molecule has 0 spiro atoms. The fourth-order valence-corrected chi connectivity index (χ4v) is 3.31. The summed E-state index contributed by atoms with van der Waals surface area (Å²) in [5.41, 5.74) is 3.01. The van der Waals surface area contributed by atoms with Crippen molar-refractivity contribution in [3.63, 3.8) is 0 Å². The molecule has 7 nitrogen and oxygen atoms in total. The van der Waals surface area contributed by atoms with Crippen molar-refractivity contribution in [2.45, 2.75) is 32.7 Å². The Bertz CT molecular complexity index is 677. The number of carbonyl (C=O) groups excluding carboxylic acids is 1. The summed E-state index contributed by atoms with van der Waals surface area (Å²) in [7, 11) is 1.77. The molecule has 0 saturated carbocycles. The minimum absolute atomic E-state index is 0.0433. The highest BCUT2D eigenvalue weighted by atomic mass is 32.1. The molecule has 1 aliphatic heterocycles. The Morgan fingerprint density at radius 2 is 2.30 bits per heavy atom. The number of aryl methyl sites for hydroxylation is 1. The number of aromatic nitrogens is 3. The van der Waals surface area contributed by atoms with E-state index in [2.05, 4.69) is 20.0 Å². The van der Waals surface area contributed by atoms with Gasteiger partial charge in [-0.15, -0.1) is 11.3 Å². The molecule has 1 fully saturated rings. The van der Waals surface area contributed by atoms with Crippen LogP contribution in [0, 0.1) is 6.92 Å². The molecule has 0 atom stereocenters. The topological polar surface area (TPSA) is 75.4 Å². The van der Waals surface area contributed by atoms with Crippen molar-refractivity contribution < 1.29 is 9.32 Å². The molecule has 2 aromatic rings. The normalized spacial score (nSPS) is 15.6. The third-order valence-corrected chi connectivity index (χ3v) is 5.13. The molecule has 23 heavy (non-hydrogen) atoms. The molecule has 1 saturated heterocycles. The second-order valence-electron chi connectivity index (χ2n) is 5.99. The molecule has 3 rings (SSSR count). The molecule has 1 amide bonds. The molecule has 0 aromatic carbocycles. The number of amides is 1. The van der Waals surface area contributed by atoms with E-state index in [4.69, 9.17) is 4.52 Å². The Hall–Kier alpha value is -1.80. The van der Waals surface area contributed by atoms with Gasteiger partial charge in [0.05, 0.1) is 17.1 Å². The molecule has 1 aliphatic rings. The minimum Gasteiger partial charge on any atom is -0.346 e. The van der Waals surface area contributed by atoms with E-state index in [1.165, 1.54) is 4.88 Å². The molecule has 0 aliphatic carbocycles. The maximum atomic E-state index is 11.2. The zero-order valence-electron chi connectivity index (χ0n) is 13.7. The van der Waals surface area contributed by atoms with E-state index in [1.807, 2.05) is 12.4 Å². The van der Waals surface area contributed by atoms with Crippen LogP contribution in [0.2, 0.25) is 0 Å². The number of carbonyl (C=O) groups is 1. The fourth-order valence-electron chi connectivity index (χ4n) is 2.50. The summed E-state index contributed by atoms with van der Waals surface area (Å²) >= 11 is 1.70. The largest absolute Gasteiger partial charge is 0.346 e. The van der Waals surface area contributed by atoms with E-state index < -0.39 is 0 Å². The first-order valence-corrected chi connectivity index (χ1v) is 8.56. The van der Waals surface area contributed by atoms with Crippen LogP contribution in [0.5, 0.6) is 0 Å². The van der Waals surface area contributed by atoms with Gasteiger partial charge in [0, 0.05) is 51.4 Å². The monoisotopic (exact) mass is 335 g/mol. The minimum atomic E-state index is 0.0433. The average molecular weight is 335 g/mol. The van der Waals surface area contributed by atoms with Crippen molar-refractivity contribution in [2.75, 3.05) is 26.7 Å². The maximum Gasteiger partial charge on any atom is 0.232 e. The third-order valence-electron chi connectivity index (χ3n) is 4.21. The number of hydrogen-bond acceptors (Lipinski definition) is 7. The highest BCUT2D eigenvalue weighted by Gasteiger charge is 2.32. The van der Waals surface area contributed by atoms with Gasteiger partial charge in [-0.3, -0.25) is 9.69 Å². The number of likely N-dealkylation sites (tertiary alicyclic amines) is 1. The SMILES string of the molecule is CC(=O)N(C)CCc1noc(C2CN(Cc3scnc3C)C2)n1. The smallest absolute Gasteiger partial charge is 0.232 e. The molecule has 2 aromatic heterocycles. The van der Waals surface area contributed by atoms with Crippen LogP contribution in [-0.2, 0) is 17.8 Å². The van der Waals surface area contributed by atoms with Gasteiger partial charge in [-0.2, -0.15) is 4.98 Å². The Labute approximate surface area is 139 Å². The van der Waals surface area contributed by atoms with Crippen molar-refractivity contribution in [2.24, 2.45) is 0 Å². The Balaban J connectivity index is 1.47. The van der Waals surface area contributed by atoms with Crippen molar-refractivity contribution in [3.05, 3.63) is 27.8 Å². The lowest BCUT2D eigenvalue weighted by molar-refractivity contribution is -0.127. The number of rotatable bonds is 6. The van der Waals surface area contributed by atoms with Crippen molar-refractivity contribution in [3.8, 4) is 0 Å². The Morgan fingerprint density at radius 1 is 1.52 bits per heavy atom. The molecule has 3 heterocycles. The highest BCUT2D eigenvalue weighted by molar-refractivity contribution is 7.09. The summed E-state index contributed by atoms with van der Waals surface area (Å²) in [6.07, 6.45) is 0.621. The van der Waals surface area contributed by atoms with Crippen LogP contribution < -0.4 is 0 Å². The van der Waals surface area contributed by atoms with Gasteiger partial charge in [-0.25, -0.2) is 4.98 Å². The Morgan fingerprint density at radius 3 is 2.96 bits per heavy atom. The molecule has 0 N–H and O–H groups in total. The van der Waals surface area contributed by atoms with Crippen molar-refractivity contribution in [1.29, 1.82) is 0 Å². The first-order chi connectivity index (χ1) is 11.0. The number of nitrogens with zero attached hydrogens (tertiary/aromatic N) is 5. The first kappa shape index (κ1) is 16.1. The average Bonchev–Trinajstić information content (AvgIpc) is 3.09. The van der Waals surface area contributed by atoms with Crippen LogP contribution in [0.1, 0.15) is 35.1 Å². The predicted molar refractivity (Wildman–Crippen MR) is 86.2 cm³/mol. The summed E-state index contributed by atoms with van der Waals surface area (Å²) in [6.45, 7) is 7.02. The van der Waals surface area contributed by atoms with Crippen LogP contribution in [-0.4, -0.2) is 57.5 Å². The van der Waals surface area contributed by atoms with Crippen molar-refractivity contribution >= 4 is 17.2 Å². The van der Waals surface area contributed by atoms with Gasteiger partial charge in [0.2, 0.25) is 11.8 Å². The summed E-state index contributed by atoms with van der Waals surface area (Å²) < 4.78 is 5.37. The molecule has 0 bridgehead atoms. The van der Waals surface area contributed by atoms with Gasteiger partial charge in [-0.05, 0) is 6.92 Å². The number of hydrogen-bond donors (Lipinski definition) is 0. The fraction of sp³-hybridized carbons (Fsp3) is 0.600. The molecular weight excluding hydrogens is 314 g/mol. The first-order valence-electron chi connectivity index (χ1n) is 7.68. The van der Waals surface area contributed by atoms with Crippen LogP contribution in [0.25, 0.3) is 0 Å². The summed E-state index contributed by atoms with van der Waals surface area (Å²) in [4.78, 5) is 25.2. The lowest BCUT2D eigenvalue weighted by Gasteiger charge is -2.36. The van der Waals surface area contributed by atoms with Gasteiger partial charge in [0.15, 0.2) is 5.82 Å². The lowest BCUT2D eigenvalue weighted by atomic mass is 10.00. The second-order valence-corrected chi connectivity index (χ2v) is 6.93. The Kier molecular flexibility index (Phi) is 4.72.